The first kappa shape index (κ1) is 17.7. The predicted octanol–water partition coefficient (Wildman–Crippen LogP) is 3.46. The number of benzene rings is 2. The molecule has 2 aromatic carbocycles. The van der Waals surface area contributed by atoms with E-state index < -0.39 is 0 Å². The molecule has 0 bridgehead atoms. The lowest BCUT2D eigenvalue weighted by molar-refractivity contribution is -0.117. The van der Waals surface area contributed by atoms with E-state index >= 15 is 0 Å². The molecule has 3 aromatic rings. The van der Waals surface area contributed by atoms with E-state index in [1.54, 1.807) is 12.1 Å². The Kier molecular flexibility index (Phi) is 5.68. The highest BCUT2D eigenvalue weighted by Gasteiger charge is 2.10. The van der Waals surface area contributed by atoms with Gasteiger partial charge in [-0.15, -0.1) is 10.2 Å². The molecule has 1 aromatic heterocycles. The summed E-state index contributed by atoms with van der Waals surface area (Å²) in [5.74, 6) is -0.228. The van der Waals surface area contributed by atoms with Crippen molar-refractivity contribution in [2.24, 2.45) is 0 Å². The minimum Gasteiger partial charge on any atom is -0.324 e. The van der Waals surface area contributed by atoms with Crippen LogP contribution in [0.25, 0.3) is 11.4 Å². The van der Waals surface area contributed by atoms with Crippen molar-refractivity contribution in [3.05, 3.63) is 59.9 Å². The van der Waals surface area contributed by atoms with E-state index in [2.05, 4.69) is 27.7 Å². The molecule has 134 valence electrons. The third kappa shape index (κ3) is 4.72. The molecular weight excluding hydrogens is 333 g/mol. The quantitative estimate of drug-likeness (QED) is 0.706. The SMILES string of the molecule is CCCCc1ccc(NC(=O)Cn2nnc(-c3ccc(F)cc3)n2)cc1. The molecule has 0 radical (unpaired) electrons. The molecule has 26 heavy (non-hydrogen) atoms. The Morgan fingerprint density at radius 2 is 1.85 bits per heavy atom. The molecule has 0 spiro atoms. The number of nitrogens with one attached hydrogen (secondary N) is 1. The van der Waals surface area contributed by atoms with Gasteiger partial charge in [-0.3, -0.25) is 4.79 Å². The number of nitrogens with zero attached hydrogens (tertiary/aromatic N) is 4. The molecule has 1 heterocycles. The van der Waals surface area contributed by atoms with Gasteiger partial charge >= 0.3 is 0 Å². The van der Waals surface area contributed by atoms with Gasteiger partial charge in [0.25, 0.3) is 0 Å². The van der Waals surface area contributed by atoms with Gasteiger partial charge in [-0.25, -0.2) is 4.39 Å². The monoisotopic (exact) mass is 353 g/mol. The molecule has 0 aliphatic heterocycles. The maximum absolute atomic E-state index is 13.0. The predicted molar refractivity (Wildman–Crippen MR) is 96.9 cm³/mol. The molecule has 1 N–H and O–H groups in total. The van der Waals surface area contributed by atoms with Crippen molar-refractivity contribution >= 4 is 11.6 Å². The average molecular weight is 353 g/mol. The zero-order valence-corrected chi connectivity index (χ0v) is 14.5. The van der Waals surface area contributed by atoms with Crippen molar-refractivity contribution in [2.45, 2.75) is 32.7 Å². The van der Waals surface area contributed by atoms with Gasteiger partial charge in [0.2, 0.25) is 11.7 Å². The second kappa shape index (κ2) is 8.33. The molecule has 0 unspecified atom stereocenters. The van der Waals surface area contributed by atoms with Crippen molar-refractivity contribution in [1.29, 1.82) is 0 Å². The van der Waals surface area contributed by atoms with E-state index in [1.165, 1.54) is 22.5 Å². The first-order valence-corrected chi connectivity index (χ1v) is 8.56. The summed E-state index contributed by atoms with van der Waals surface area (Å²) < 4.78 is 13.0. The van der Waals surface area contributed by atoms with E-state index in [9.17, 15) is 9.18 Å². The molecule has 0 aliphatic carbocycles. The maximum Gasteiger partial charge on any atom is 0.248 e. The van der Waals surface area contributed by atoms with Crippen LogP contribution in [0.2, 0.25) is 0 Å². The van der Waals surface area contributed by atoms with Crippen molar-refractivity contribution < 1.29 is 9.18 Å². The van der Waals surface area contributed by atoms with Crippen LogP contribution in [0.4, 0.5) is 10.1 Å². The first-order chi connectivity index (χ1) is 12.6. The summed E-state index contributed by atoms with van der Waals surface area (Å²) in [6.45, 7) is 2.11. The summed E-state index contributed by atoms with van der Waals surface area (Å²) in [5, 5.41) is 14.7. The lowest BCUT2D eigenvalue weighted by atomic mass is 10.1. The number of amides is 1. The topological polar surface area (TPSA) is 72.7 Å². The fourth-order valence-electron chi connectivity index (χ4n) is 2.49. The van der Waals surface area contributed by atoms with Crippen LogP contribution >= 0.6 is 0 Å². The Hall–Kier alpha value is -3.09. The molecule has 0 atom stereocenters. The van der Waals surface area contributed by atoms with Gasteiger partial charge in [-0.1, -0.05) is 25.5 Å². The maximum atomic E-state index is 13.0. The fraction of sp³-hybridized carbons (Fsp3) is 0.263. The van der Waals surface area contributed by atoms with Gasteiger partial charge in [0.1, 0.15) is 12.4 Å². The Labute approximate surface area is 151 Å². The third-order valence-corrected chi connectivity index (χ3v) is 3.90. The second-order valence-electron chi connectivity index (χ2n) is 6.00. The van der Waals surface area contributed by atoms with E-state index in [4.69, 9.17) is 0 Å². The molecule has 1 amide bonds. The number of tetrazole rings is 1. The van der Waals surface area contributed by atoms with Crippen LogP contribution < -0.4 is 5.32 Å². The molecular formula is C19H20FN5O. The van der Waals surface area contributed by atoms with Gasteiger partial charge in [0.05, 0.1) is 0 Å². The second-order valence-corrected chi connectivity index (χ2v) is 6.00. The van der Waals surface area contributed by atoms with Crippen LogP contribution in [0.3, 0.4) is 0 Å². The summed E-state index contributed by atoms with van der Waals surface area (Å²) in [6.07, 6.45) is 3.35. The number of hydrogen-bond acceptors (Lipinski definition) is 4. The van der Waals surface area contributed by atoms with Crippen LogP contribution in [0.1, 0.15) is 25.3 Å². The Bertz CT molecular complexity index is 858. The van der Waals surface area contributed by atoms with E-state index in [0.717, 1.165) is 24.9 Å². The number of aromatic nitrogens is 4. The van der Waals surface area contributed by atoms with Crippen molar-refractivity contribution in [3.8, 4) is 11.4 Å². The van der Waals surface area contributed by atoms with Gasteiger partial charge in [0, 0.05) is 11.3 Å². The van der Waals surface area contributed by atoms with Gasteiger partial charge in [0.15, 0.2) is 0 Å². The summed E-state index contributed by atoms with van der Waals surface area (Å²) in [4.78, 5) is 13.4. The Morgan fingerprint density at radius 1 is 1.12 bits per heavy atom. The van der Waals surface area contributed by atoms with Crippen LogP contribution in [-0.2, 0) is 17.8 Å². The molecule has 0 saturated heterocycles. The minimum atomic E-state index is -0.332. The highest BCUT2D eigenvalue weighted by atomic mass is 19.1. The molecule has 3 rings (SSSR count). The highest BCUT2D eigenvalue weighted by Crippen LogP contribution is 2.14. The number of hydrogen-bond donors (Lipinski definition) is 1. The van der Waals surface area contributed by atoms with Crippen LogP contribution in [0, 0.1) is 5.82 Å². The zero-order chi connectivity index (χ0) is 18.4. The number of halogens is 1. The van der Waals surface area contributed by atoms with E-state index in [0.29, 0.717) is 11.4 Å². The van der Waals surface area contributed by atoms with Gasteiger partial charge < -0.3 is 5.32 Å². The summed E-state index contributed by atoms with van der Waals surface area (Å²) in [7, 11) is 0. The molecule has 0 fully saturated rings. The molecule has 6 nitrogen and oxygen atoms in total. The normalized spacial score (nSPS) is 10.7. The van der Waals surface area contributed by atoms with Gasteiger partial charge in [-0.05, 0) is 60.0 Å². The highest BCUT2D eigenvalue weighted by molar-refractivity contribution is 5.90. The number of anilines is 1. The van der Waals surface area contributed by atoms with Crippen molar-refractivity contribution in [1.82, 2.24) is 20.2 Å². The lowest BCUT2D eigenvalue weighted by Gasteiger charge is -2.06. The number of aryl methyl sites for hydroxylation is 1. The largest absolute Gasteiger partial charge is 0.324 e. The summed E-state index contributed by atoms with van der Waals surface area (Å²) >= 11 is 0. The standard InChI is InChI=1S/C19H20FN5O/c1-2-3-4-14-5-11-17(12-6-14)21-18(26)13-25-23-19(22-24-25)15-7-9-16(20)10-8-15/h5-12H,2-4,13H2,1H3,(H,21,26). The molecule has 7 heteroatoms. The molecule has 0 saturated carbocycles. The third-order valence-electron chi connectivity index (χ3n) is 3.90. The first-order valence-electron chi connectivity index (χ1n) is 8.56. The lowest BCUT2D eigenvalue weighted by Crippen LogP contribution is -2.20. The van der Waals surface area contributed by atoms with Crippen molar-refractivity contribution in [2.75, 3.05) is 5.32 Å². The zero-order valence-electron chi connectivity index (χ0n) is 14.5. The Morgan fingerprint density at radius 3 is 2.54 bits per heavy atom. The van der Waals surface area contributed by atoms with Crippen LogP contribution in [-0.4, -0.2) is 26.1 Å². The number of unbranched alkanes of at least 4 members (excludes halogenated alkanes) is 1. The summed E-state index contributed by atoms with van der Waals surface area (Å²) in [6, 6.07) is 13.6. The number of rotatable bonds is 7. The van der Waals surface area contributed by atoms with Crippen LogP contribution in [0.15, 0.2) is 48.5 Å². The van der Waals surface area contributed by atoms with E-state index in [1.807, 2.05) is 24.3 Å². The summed E-state index contributed by atoms with van der Waals surface area (Å²) in [5.41, 5.74) is 2.63. The molecule has 0 aliphatic rings. The smallest absolute Gasteiger partial charge is 0.248 e. The van der Waals surface area contributed by atoms with Crippen molar-refractivity contribution in [3.63, 3.8) is 0 Å². The minimum absolute atomic E-state index is 0.0498. The number of carbonyl (C=O) groups is 1. The van der Waals surface area contributed by atoms with Crippen LogP contribution in [0.5, 0.6) is 0 Å². The Balaban J connectivity index is 1.57. The van der Waals surface area contributed by atoms with Gasteiger partial charge in [-0.2, -0.15) is 4.80 Å². The number of carbonyl (C=O) groups excluding carboxylic acids is 1. The fourth-order valence-corrected chi connectivity index (χ4v) is 2.49. The average Bonchev–Trinajstić information content (AvgIpc) is 3.10. The van der Waals surface area contributed by atoms with E-state index in [-0.39, 0.29) is 18.3 Å².